The summed E-state index contributed by atoms with van der Waals surface area (Å²) in [6, 6.07) is 0. The highest BCUT2D eigenvalue weighted by Gasteiger charge is 2.04. The Morgan fingerprint density at radius 1 is 1.45 bits per heavy atom. The van der Waals surface area contributed by atoms with E-state index >= 15 is 0 Å². The van der Waals surface area contributed by atoms with Crippen molar-refractivity contribution in [2.75, 3.05) is 0 Å². The van der Waals surface area contributed by atoms with Crippen LogP contribution in [0.2, 0.25) is 0 Å². The van der Waals surface area contributed by atoms with Gasteiger partial charge in [-0.3, -0.25) is 0 Å². The van der Waals surface area contributed by atoms with Crippen molar-refractivity contribution in [2.45, 2.75) is 46.0 Å². The quantitative estimate of drug-likeness (QED) is 0.583. The summed E-state index contributed by atoms with van der Waals surface area (Å²) in [6.45, 7) is 4.15. The van der Waals surface area contributed by atoms with Crippen molar-refractivity contribution in [3.63, 3.8) is 0 Å². The van der Waals surface area contributed by atoms with Gasteiger partial charge in [-0.05, 0) is 12.3 Å². The molecular weight excluding hydrogens is 140 g/mol. The predicted molar refractivity (Wildman–Crippen MR) is 42.9 cm³/mol. The molecule has 0 saturated carbocycles. The standard InChI is InChI=1S/C9H18O2/c1-3-5-6-8(4-2)7-9(10)11/h8H,3-7H2,1-2H3,(H,10,11)/p-1. The summed E-state index contributed by atoms with van der Waals surface area (Å²) in [5, 5.41) is 10.2. The third-order valence-electron chi connectivity index (χ3n) is 2.00. The molecule has 0 aliphatic rings. The van der Waals surface area contributed by atoms with Crippen LogP contribution in [0, 0.1) is 5.92 Å². The smallest absolute Gasteiger partial charge is 0.0417 e. The molecule has 0 aliphatic carbocycles. The molecule has 0 saturated heterocycles. The number of rotatable bonds is 6. The van der Waals surface area contributed by atoms with E-state index < -0.39 is 5.97 Å². The van der Waals surface area contributed by atoms with E-state index in [1.165, 1.54) is 0 Å². The second kappa shape index (κ2) is 6.20. The van der Waals surface area contributed by atoms with Crippen molar-refractivity contribution >= 4 is 5.97 Å². The van der Waals surface area contributed by atoms with Gasteiger partial charge in [0.15, 0.2) is 0 Å². The molecule has 66 valence electrons. The fourth-order valence-electron chi connectivity index (χ4n) is 1.18. The molecule has 0 aromatic heterocycles. The number of hydrogen-bond donors (Lipinski definition) is 0. The Kier molecular flexibility index (Phi) is 5.90. The lowest BCUT2D eigenvalue weighted by atomic mass is 9.96. The van der Waals surface area contributed by atoms with Crippen molar-refractivity contribution < 1.29 is 9.90 Å². The zero-order valence-corrected chi connectivity index (χ0v) is 7.43. The zero-order valence-electron chi connectivity index (χ0n) is 7.43. The van der Waals surface area contributed by atoms with Gasteiger partial charge in [-0.15, -0.1) is 0 Å². The molecule has 0 radical (unpaired) electrons. The van der Waals surface area contributed by atoms with Crippen molar-refractivity contribution in [1.82, 2.24) is 0 Å². The van der Waals surface area contributed by atoms with Gasteiger partial charge in [-0.1, -0.05) is 39.5 Å². The number of carboxylic acids is 1. The van der Waals surface area contributed by atoms with E-state index in [4.69, 9.17) is 0 Å². The van der Waals surface area contributed by atoms with Gasteiger partial charge in [-0.25, -0.2) is 0 Å². The number of unbranched alkanes of at least 4 members (excludes halogenated alkanes) is 1. The van der Waals surface area contributed by atoms with E-state index in [0.29, 0.717) is 5.92 Å². The molecule has 2 nitrogen and oxygen atoms in total. The third kappa shape index (κ3) is 5.89. The summed E-state index contributed by atoms with van der Waals surface area (Å²) >= 11 is 0. The molecule has 1 unspecified atom stereocenters. The maximum atomic E-state index is 10.2. The van der Waals surface area contributed by atoms with E-state index in [9.17, 15) is 9.90 Å². The molecule has 0 bridgehead atoms. The van der Waals surface area contributed by atoms with Gasteiger partial charge in [0.25, 0.3) is 0 Å². The Labute approximate surface area is 68.6 Å². The number of carbonyl (C=O) groups is 1. The van der Waals surface area contributed by atoms with Crippen LogP contribution in [0.1, 0.15) is 46.0 Å². The first-order valence-electron chi connectivity index (χ1n) is 4.40. The SMILES string of the molecule is CCCCC(CC)CC(=O)[O-]. The highest BCUT2D eigenvalue weighted by Crippen LogP contribution is 2.15. The number of carbonyl (C=O) groups excluding carboxylic acids is 1. The van der Waals surface area contributed by atoms with Gasteiger partial charge in [-0.2, -0.15) is 0 Å². The van der Waals surface area contributed by atoms with Crippen LogP contribution in [0.4, 0.5) is 0 Å². The van der Waals surface area contributed by atoms with Crippen LogP contribution in [-0.4, -0.2) is 5.97 Å². The molecule has 0 rings (SSSR count). The molecule has 0 heterocycles. The van der Waals surface area contributed by atoms with Crippen molar-refractivity contribution in [2.24, 2.45) is 5.92 Å². The first-order chi connectivity index (χ1) is 5.20. The molecule has 0 N–H and O–H groups in total. The monoisotopic (exact) mass is 157 g/mol. The van der Waals surface area contributed by atoms with E-state index in [2.05, 4.69) is 6.92 Å². The summed E-state index contributed by atoms with van der Waals surface area (Å²) < 4.78 is 0. The first kappa shape index (κ1) is 10.5. The number of aliphatic carboxylic acids is 1. The van der Waals surface area contributed by atoms with Gasteiger partial charge in [0, 0.05) is 5.97 Å². The lowest BCUT2D eigenvalue weighted by molar-refractivity contribution is -0.306. The average Bonchev–Trinajstić information content (AvgIpc) is 1.97. The van der Waals surface area contributed by atoms with Crippen LogP contribution in [0.5, 0.6) is 0 Å². The molecule has 0 aromatic carbocycles. The molecule has 0 aliphatic heterocycles. The molecule has 0 amide bonds. The Morgan fingerprint density at radius 2 is 2.09 bits per heavy atom. The van der Waals surface area contributed by atoms with E-state index in [1.54, 1.807) is 0 Å². The molecule has 0 fully saturated rings. The normalized spacial score (nSPS) is 12.9. The van der Waals surface area contributed by atoms with Gasteiger partial charge < -0.3 is 9.90 Å². The minimum absolute atomic E-state index is 0.233. The highest BCUT2D eigenvalue weighted by molar-refractivity contribution is 5.64. The van der Waals surface area contributed by atoms with Gasteiger partial charge >= 0.3 is 0 Å². The van der Waals surface area contributed by atoms with Crippen LogP contribution >= 0.6 is 0 Å². The highest BCUT2D eigenvalue weighted by atomic mass is 16.4. The molecule has 2 heteroatoms. The Bertz CT molecular complexity index is 110. The maximum absolute atomic E-state index is 10.2. The van der Waals surface area contributed by atoms with Crippen molar-refractivity contribution in [3.05, 3.63) is 0 Å². The van der Waals surface area contributed by atoms with Gasteiger partial charge in [0.1, 0.15) is 0 Å². The molecule has 11 heavy (non-hydrogen) atoms. The summed E-state index contributed by atoms with van der Waals surface area (Å²) in [6.07, 6.45) is 4.49. The maximum Gasteiger partial charge on any atom is 0.0417 e. The van der Waals surface area contributed by atoms with Crippen molar-refractivity contribution in [1.29, 1.82) is 0 Å². The van der Waals surface area contributed by atoms with Crippen molar-refractivity contribution in [3.8, 4) is 0 Å². The largest absolute Gasteiger partial charge is 0.550 e. The minimum atomic E-state index is -0.909. The first-order valence-corrected chi connectivity index (χ1v) is 4.40. The molecular formula is C9H17O2-. The zero-order chi connectivity index (χ0) is 8.69. The third-order valence-corrected chi connectivity index (χ3v) is 2.00. The minimum Gasteiger partial charge on any atom is -0.550 e. The lowest BCUT2D eigenvalue weighted by Crippen LogP contribution is -2.25. The molecule has 1 atom stereocenters. The van der Waals surface area contributed by atoms with Crippen LogP contribution in [-0.2, 0) is 4.79 Å². The van der Waals surface area contributed by atoms with Crippen LogP contribution in [0.25, 0.3) is 0 Å². The van der Waals surface area contributed by atoms with Crippen LogP contribution in [0.15, 0.2) is 0 Å². The second-order valence-electron chi connectivity index (χ2n) is 2.99. The van der Waals surface area contributed by atoms with Crippen LogP contribution < -0.4 is 5.11 Å². The Hall–Kier alpha value is -0.530. The van der Waals surface area contributed by atoms with E-state index in [0.717, 1.165) is 25.7 Å². The summed E-state index contributed by atoms with van der Waals surface area (Å²) in [5.41, 5.74) is 0. The predicted octanol–water partition coefficient (Wildman–Crippen LogP) is 1.34. The Morgan fingerprint density at radius 3 is 2.45 bits per heavy atom. The fourth-order valence-corrected chi connectivity index (χ4v) is 1.18. The summed E-state index contributed by atoms with van der Waals surface area (Å²) in [5.74, 6) is -0.576. The van der Waals surface area contributed by atoms with Crippen LogP contribution in [0.3, 0.4) is 0 Å². The van der Waals surface area contributed by atoms with E-state index in [-0.39, 0.29) is 6.42 Å². The topological polar surface area (TPSA) is 40.1 Å². The van der Waals surface area contributed by atoms with Gasteiger partial charge in [0.2, 0.25) is 0 Å². The average molecular weight is 157 g/mol. The number of carboxylic acid groups (broad SMARTS) is 1. The summed E-state index contributed by atoms with van der Waals surface area (Å²) in [4.78, 5) is 10.2. The molecule has 0 spiro atoms. The second-order valence-corrected chi connectivity index (χ2v) is 2.99. The Balaban J connectivity index is 3.49. The molecule has 0 aromatic rings. The summed E-state index contributed by atoms with van der Waals surface area (Å²) in [7, 11) is 0. The lowest BCUT2D eigenvalue weighted by Gasteiger charge is -2.14. The van der Waals surface area contributed by atoms with E-state index in [1.807, 2.05) is 6.92 Å². The van der Waals surface area contributed by atoms with Gasteiger partial charge in [0.05, 0.1) is 0 Å². The number of hydrogen-bond acceptors (Lipinski definition) is 2. The fraction of sp³-hybridized carbons (Fsp3) is 0.889.